The van der Waals surface area contributed by atoms with Gasteiger partial charge in [0.1, 0.15) is 0 Å². The molecule has 2 aromatic rings. The van der Waals surface area contributed by atoms with Gasteiger partial charge in [-0.2, -0.15) is 0 Å². The van der Waals surface area contributed by atoms with Crippen molar-refractivity contribution in [3.63, 3.8) is 0 Å². The SMILES string of the molecule is CCOC(=O)c1nc(-c2cc(C(=O)N(C)C3CCCCC3)c(C)n2CCCOC)cs1. The van der Waals surface area contributed by atoms with Crippen molar-refractivity contribution >= 4 is 23.2 Å². The van der Waals surface area contributed by atoms with Crippen LogP contribution in [0.1, 0.15) is 71.3 Å². The Bertz CT molecular complexity index is 899. The Balaban J connectivity index is 1.92. The zero-order valence-corrected chi connectivity index (χ0v) is 19.8. The van der Waals surface area contributed by atoms with Crippen molar-refractivity contribution in [3.05, 3.63) is 27.7 Å². The van der Waals surface area contributed by atoms with Gasteiger partial charge in [0.25, 0.3) is 5.91 Å². The minimum absolute atomic E-state index is 0.0528. The molecule has 31 heavy (non-hydrogen) atoms. The number of carbonyl (C=O) groups excluding carboxylic acids is 2. The van der Waals surface area contributed by atoms with Gasteiger partial charge in [0.15, 0.2) is 0 Å². The van der Waals surface area contributed by atoms with E-state index in [0.29, 0.717) is 42.1 Å². The van der Waals surface area contributed by atoms with E-state index in [9.17, 15) is 9.59 Å². The van der Waals surface area contributed by atoms with E-state index in [1.165, 1.54) is 30.6 Å². The Hall–Kier alpha value is -2.19. The predicted molar refractivity (Wildman–Crippen MR) is 122 cm³/mol. The van der Waals surface area contributed by atoms with Crippen LogP contribution in [-0.2, 0) is 16.0 Å². The molecular formula is C23H33N3O4S. The number of amides is 1. The fourth-order valence-corrected chi connectivity index (χ4v) is 4.93. The highest BCUT2D eigenvalue weighted by molar-refractivity contribution is 7.11. The summed E-state index contributed by atoms with van der Waals surface area (Å²) in [7, 11) is 3.60. The number of rotatable bonds is 9. The van der Waals surface area contributed by atoms with Crippen molar-refractivity contribution in [2.24, 2.45) is 0 Å². The van der Waals surface area contributed by atoms with Gasteiger partial charge in [0, 0.05) is 44.4 Å². The summed E-state index contributed by atoms with van der Waals surface area (Å²) in [6.45, 7) is 5.41. The first-order valence-electron chi connectivity index (χ1n) is 11.1. The summed E-state index contributed by atoms with van der Waals surface area (Å²) in [5.74, 6) is -0.363. The molecule has 170 valence electrons. The quantitative estimate of drug-likeness (QED) is 0.417. The fourth-order valence-electron chi connectivity index (χ4n) is 4.23. The highest BCUT2D eigenvalue weighted by atomic mass is 32.1. The molecule has 3 rings (SSSR count). The molecule has 8 heteroatoms. The average Bonchev–Trinajstić information content (AvgIpc) is 3.39. The summed E-state index contributed by atoms with van der Waals surface area (Å²) in [5, 5.41) is 2.18. The number of hydrogen-bond acceptors (Lipinski definition) is 6. The van der Waals surface area contributed by atoms with Crippen LogP contribution in [0.4, 0.5) is 0 Å². The molecule has 0 aromatic carbocycles. The number of esters is 1. The monoisotopic (exact) mass is 447 g/mol. The van der Waals surface area contributed by atoms with Crippen molar-refractivity contribution in [2.75, 3.05) is 27.4 Å². The van der Waals surface area contributed by atoms with Crippen molar-refractivity contribution in [1.82, 2.24) is 14.5 Å². The van der Waals surface area contributed by atoms with Gasteiger partial charge in [-0.15, -0.1) is 11.3 Å². The summed E-state index contributed by atoms with van der Waals surface area (Å²) in [6, 6.07) is 2.23. The lowest BCUT2D eigenvalue weighted by Gasteiger charge is -2.31. The molecule has 0 saturated heterocycles. The van der Waals surface area contributed by atoms with Crippen molar-refractivity contribution in [1.29, 1.82) is 0 Å². The molecule has 1 aliphatic rings. The number of aromatic nitrogens is 2. The molecule has 0 N–H and O–H groups in total. The zero-order chi connectivity index (χ0) is 22.4. The van der Waals surface area contributed by atoms with Gasteiger partial charge in [0.05, 0.1) is 23.6 Å². The summed E-state index contributed by atoms with van der Waals surface area (Å²) < 4.78 is 12.4. The molecule has 1 aliphatic carbocycles. The summed E-state index contributed by atoms with van der Waals surface area (Å²) in [4.78, 5) is 31.9. The zero-order valence-electron chi connectivity index (χ0n) is 19.0. The highest BCUT2D eigenvalue weighted by Gasteiger charge is 2.27. The topological polar surface area (TPSA) is 73.7 Å². The number of ether oxygens (including phenoxy) is 2. The van der Waals surface area contributed by atoms with Crippen molar-refractivity contribution in [2.45, 2.75) is 65.0 Å². The van der Waals surface area contributed by atoms with Crippen LogP contribution in [0.3, 0.4) is 0 Å². The van der Waals surface area contributed by atoms with E-state index in [-0.39, 0.29) is 5.91 Å². The van der Waals surface area contributed by atoms with Gasteiger partial charge in [-0.1, -0.05) is 19.3 Å². The van der Waals surface area contributed by atoms with Gasteiger partial charge in [-0.25, -0.2) is 9.78 Å². The van der Waals surface area contributed by atoms with Gasteiger partial charge in [-0.3, -0.25) is 4.79 Å². The van der Waals surface area contributed by atoms with Crippen LogP contribution < -0.4 is 0 Å². The lowest BCUT2D eigenvalue weighted by atomic mass is 9.94. The van der Waals surface area contributed by atoms with Crippen LogP contribution >= 0.6 is 11.3 Å². The fraction of sp³-hybridized carbons (Fsp3) is 0.609. The lowest BCUT2D eigenvalue weighted by molar-refractivity contribution is 0.0525. The van der Waals surface area contributed by atoms with Crippen LogP contribution in [0, 0.1) is 6.92 Å². The second-order valence-corrected chi connectivity index (χ2v) is 8.85. The van der Waals surface area contributed by atoms with E-state index in [1.807, 2.05) is 30.3 Å². The lowest BCUT2D eigenvalue weighted by Crippen LogP contribution is -2.38. The first-order valence-corrected chi connectivity index (χ1v) is 11.9. The summed E-state index contributed by atoms with van der Waals surface area (Å²) >= 11 is 1.26. The smallest absolute Gasteiger partial charge is 0.367 e. The molecule has 2 heterocycles. The molecule has 2 aromatic heterocycles. The number of thiazole rings is 1. The molecule has 0 atom stereocenters. The third-order valence-corrected chi connectivity index (χ3v) is 6.81. The molecule has 7 nitrogen and oxygen atoms in total. The Kier molecular flexibility index (Phi) is 8.26. The van der Waals surface area contributed by atoms with Gasteiger partial charge < -0.3 is 18.9 Å². The number of nitrogens with zero attached hydrogens (tertiary/aromatic N) is 3. The Morgan fingerprint density at radius 3 is 2.71 bits per heavy atom. The van der Waals surface area contributed by atoms with Gasteiger partial charge in [0.2, 0.25) is 5.01 Å². The molecular weight excluding hydrogens is 414 g/mol. The number of carbonyl (C=O) groups is 2. The summed E-state index contributed by atoms with van der Waals surface area (Å²) in [5.41, 5.74) is 3.16. The standard InChI is InChI=1S/C23H33N3O4S/c1-5-30-23(28)21-24-19(15-31-21)20-14-18(16(2)26(20)12-9-13-29-4)22(27)25(3)17-10-7-6-8-11-17/h14-15,17H,5-13H2,1-4H3. The molecule has 1 saturated carbocycles. The van der Waals surface area contributed by atoms with E-state index in [2.05, 4.69) is 9.55 Å². The van der Waals surface area contributed by atoms with Crippen LogP contribution in [0.2, 0.25) is 0 Å². The first-order chi connectivity index (χ1) is 15.0. The van der Waals surface area contributed by atoms with Crippen LogP contribution in [0.5, 0.6) is 0 Å². The van der Waals surface area contributed by atoms with E-state index in [1.54, 1.807) is 14.0 Å². The van der Waals surface area contributed by atoms with Crippen molar-refractivity contribution in [3.8, 4) is 11.4 Å². The maximum Gasteiger partial charge on any atom is 0.367 e. The Morgan fingerprint density at radius 1 is 1.29 bits per heavy atom. The minimum Gasteiger partial charge on any atom is -0.461 e. The van der Waals surface area contributed by atoms with Gasteiger partial charge in [-0.05, 0) is 39.2 Å². The second-order valence-electron chi connectivity index (χ2n) is 7.99. The Morgan fingerprint density at radius 2 is 2.03 bits per heavy atom. The molecule has 0 aliphatic heterocycles. The van der Waals surface area contributed by atoms with Gasteiger partial charge >= 0.3 is 5.97 Å². The van der Waals surface area contributed by atoms with Crippen LogP contribution in [0.15, 0.2) is 11.4 Å². The molecule has 0 bridgehead atoms. The Labute approximate surface area is 188 Å². The van der Waals surface area contributed by atoms with Crippen LogP contribution in [-0.4, -0.2) is 59.7 Å². The van der Waals surface area contributed by atoms with Crippen LogP contribution in [0.25, 0.3) is 11.4 Å². The number of hydrogen-bond donors (Lipinski definition) is 0. The molecule has 0 spiro atoms. The van der Waals surface area contributed by atoms with Crippen molar-refractivity contribution < 1.29 is 19.1 Å². The largest absolute Gasteiger partial charge is 0.461 e. The van der Waals surface area contributed by atoms with E-state index < -0.39 is 5.97 Å². The van der Waals surface area contributed by atoms with E-state index in [4.69, 9.17) is 9.47 Å². The molecule has 0 unspecified atom stereocenters. The number of methoxy groups -OCH3 is 1. The maximum absolute atomic E-state index is 13.4. The molecule has 1 amide bonds. The maximum atomic E-state index is 13.4. The highest BCUT2D eigenvalue weighted by Crippen LogP contribution is 2.30. The predicted octanol–water partition coefficient (Wildman–Crippen LogP) is 4.54. The molecule has 1 fully saturated rings. The minimum atomic E-state index is -0.415. The van der Waals surface area contributed by atoms with E-state index in [0.717, 1.165) is 30.7 Å². The third kappa shape index (κ3) is 5.36. The normalized spacial score (nSPS) is 14.6. The third-order valence-electron chi connectivity index (χ3n) is 5.99. The summed E-state index contributed by atoms with van der Waals surface area (Å²) in [6.07, 6.45) is 6.57. The second kappa shape index (κ2) is 10.9. The first kappa shape index (κ1) is 23.5. The molecule has 0 radical (unpaired) electrons. The average molecular weight is 448 g/mol. The van der Waals surface area contributed by atoms with E-state index >= 15 is 0 Å².